The van der Waals surface area contributed by atoms with Crippen molar-refractivity contribution in [3.63, 3.8) is 0 Å². The first-order valence-electron chi connectivity index (χ1n) is 10.2. The fourth-order valence-electron chi connectivity index (χ4n) is 3.38. The molecule has 0 unspecified atom stereocenters. The summed E-state index contributed by atoms with van der Waals surface area (Å²) in [6.07, 6.45) is 2.72. The largest absolute Gasteiger partial charge is 0.477 e. The summed E-state index contributed by atoms with van der Waals surface area (Å²) in [6, 6.07) is 1.11. The van der Waals surface area contributed by atoms with E-state index in [2.05, 4.69) is 20.1 Å². The highest BCUT2D eigenvalue weighted by Gasteiger charge is 2.29. The van der Waals surface area contributed by atoms with Crippen LogP contribution in [0.2, 0.25) is 0 Å². The first-order chi connectivity index (χ1) is 14.1. The van der Waals surface area contributed by atoms with Gasteiger partial charge >= 0.3 is 6.03 Å². The Balaban J connectivity index is 1.90. The molecule has 2 N–H and O–H groups in total. The van der Waals surface area contributed by atoms with Crippen LogP contribution in [0.3, 0.4) is 0 Å². The summed E-state index contributed by atoms with van der Waals surface area (Å²) in [5.41, 5.74) is 3.14. The number of hydrogen-bond donors (Lipinski definition) is 2. The van der Waals surface area contributed by atoms with E-state index in [0.717, 1.165) is 29.8 Å². The second-order valence-corrected chi connectivity index (χ2v) is 9.58. The number of urea groups is 1. The van der Waals surface area contributed by atoms with E-state index in [0.29, 0.717) is 18.8 Å². The van der Waals surface area contributed by atoms with Gasteiger partial charge < -0.3 is 10.1 Å². The van der Waals surface area contributed by atoms with Crippen molar-refractivity contribution in [3.05, 3.63) is 29.2 Å². The third-order valence-electron chi connectivity index (χ3n) is 4.93. The van der Waals surface area contributed by atoms with Crippen LogP contribution in [-0.4, -0.2) is 35.8 Å². The molecular weight excluding hydrogens is 406 g/mol. The predicted octanol–water partition coefficient (Wildman–Crippen LogP) is 3.38. The molecule has 1 aliphatic heterocycles. The number of ether oxygens (including phenoxy) is 1. The molecule has 0 fully saturated rings. The highest BCUT2D eigenvalue weighted by atomic mass is 32.2. The van der Waals surface area contributed by atoms with Crippen LogP contribution in [0.15, 0.2) is 17.2 Å². The maximum Gasteiger partial charge on any atom is 0.333 e. The van der Waals surface area contributed by atoms with Crippen LogP contribution in [0, 0.1) is 0 Å². The number of hydrogen-bond acceptors (Lipinski definition) is 6. The molecule has 0 saturated carbocycles. The van der Waals surface area contributed by atoms with Gasteiger partial charge in [-0.25, -0.2) is 22.6 Å². The molecule has 9 nitrogen and oxygen atoms in total. The lowest BCUT2D eigenvalue weighted by Crippen LogP contribution is -2.35. The Morgan fingerprint density at radius 2 is 2.00 bits per heavy atom. The van der Waals surface area contributed by atoms with Gasteiger partial charge in [0.05, 0.1) is 24.2 Å². The Kier molecular flexibility index (Phi) is 6.35. The molecular formula is C20H29N5O4S. The van der Waals surface area contributed by atoms with Crippen LogP contribution >= 0.6 is 0 Å². The molecule has 10 heteroatoms. The molecule has 3 rings (SSSR count). The fourth-order valence-corrected chi connectivity index (χ4v) is 4.36. The SMILES string of the molecule is CCc1cc(C(C)C)c(NC(=O)NS(=O)(=O)c2cnn3c2OCCC3)c(C(C)C)n1. The number of nitrogens with zero attached hydrogens (tertiary/aromatic N) is 3. The average molecular weight is 436 g/mol. The van der Waals surface area contributed by atoms with E-state index in [-0.39, 0.29) is 22.6 Å². The number of fused-ring (bicyclic) bond motifs is 1. The number of carbonyl (C=O) groups excluding carboxylic acids is 1. The zero-order valence-corrected chi connectivity index (χ0v) is 18.8. The highest BCUT2D eigenvalue weighted by Crippen LogP contribution is 2.32. The number of aromatic nitrogens is 3. The number of rotatable bonds is 6. The lowest BCUT2D eigenvalue weighted by Gasteiger charge is -2.21. The van der Waals surface area contributed by atoms with Gasteiger partial charge in [0.25, 0.3) is 10.0 Å². The summed E-state index contributed by atoms with van der Waals surface area (Å²) < 4.78 is 34.6. The standard InChI is InChI=1S/C20H29N5O4S/c1-6-14-10-15(12(2)3)18(17(22-14)13(4)5)23-20(26)24-30(27,28)16-11-21-25-8-7-9-29-19(16)25/h10-13H,6-9H2,1-5H3,(H2,23,24,26). The summed E-state index contributed by atoms with van der Waals surface area (Å²) in [5.74, 6) is 0.331. The van der Waals surface area contributed by atoms with Gasteiger partial charge in [-0.1, -0.05) is 34.6 Å². The van der Waals surface area contributed by atoms with Gasteiger partial charge in [0, 0.05) is 18.7 Å². The van der Waals surface area contributed by atoms with Crippen LogP contribution in [0.25, 0.3) is 0 Å². The predicted molar refractivity (Wildman–Crippen MR) is 113 cm³/mol. The molecule has 3 heterocycles. The Morgan fingerprint density at radius 3 is 2.63 bits per heavy atom. The maximum absolute atomic E-state index is 12.8. The molecule has 0 radical (unpaired) electrons. The molecule has 164 valence electrons. The van der Waals surface area contributed by atoms with Gasteiger partial charge in [-0.05, 0) is 29.9 Å². The third-order valence-corrected chi connectivity index (χ3v) is 6.24. The number of nitrogens with one attached hydrogen (secondary N) is 2. The molecule has 2 amide bonds. The molecule has 0 aliphatic carbocycles. The Bertz CT molecular complexity index is 1010. The Hall–Kier alpha value is -2.62. The molecule has 1 aliphatic rings. The van der Waals surface area contributed by atoms with E-state index in [1.54, 1.807) is 0 Å². The highest BCUT2D eigenvalue weighted by molar-refractivity contribution is 7.90. The minimum atomic E-state index is -4.15. The molecule has 0 atom stereocenters. The van der Waals surface area contributed by atoms with Crippen molar-refractivity contribution in [2.75, 3.05) is 11.9 Å². The zero-order chi connectivity index (χ0) is 22.1. The van der Waals surface area contributed by atoms with E-state index in [4.69, 9.17) is 4.74 Å². The number of aryl methyl sites for hydroxylation is 2. The van der Waals surface area contributed by atoms with E-state index in [1.807, 2.05) is 40.7 Å². The second-order valence-electron chi connectivity index (χ2n) is 7.92. The first kappa shape index (κ1) is 22.1. The molecule has 0 aromatic carbocycles. The van der Waals surface area contributed by atoms with Crippen LogP contribution in [0.1, 0.15) is 69.8 Å². The quantitative estimate of drug-likeness (QED) is 0.719. The number of anilines is 1. The lowest BCUT2D eigenvalue weighted by atomic mass is 9.95. The monoisotopic (exact) mass is 435 g/mol. The topological polar surface area (TPSA) is 115 Å². The second kappa shape index (κ2) is 8.63. The zero-order valence-electron chi connectivity index (χ0n) is 18.0. The third kappa shape index (κ3) is 4.43. The van der Waals surface area contributed by atoms with Gasteiger partial charge in [0.1, 0.15) is 0 Å². The van der Waals surface area contributed by atoms with Gasteiger partial charge in [-0.15, -0.1) is 0 Å². The fraction of sp³-hybridized carbons (Fsp3) is 0.550. The summed E-state index contributed by atoms with van der Waals surface area (Å²) in [5, 5.41) is 6.77. The van der Waals surface area contributed by atoms with Crippen LogP contribution < -0.4 is 14.8 Å². The summed E-state index contributed by atoms with van der Waals surface area (Å²) in [4.78, 5) is 17.2. The Morgan fingerprint density at radius 1 is 1.27 bits per heavy atom. The van der Waals surface area contributed by atoms with Gasteiger partial charge in [-0.2, -0.15) is 5.10 Å². The minimum Gasteiger partial charge on any atom is -0.477 e. The van der Waals surface area contributed by atoms with Crippen molar-refractivity contribution in [1.82, 2.24) is 19.5 Å². The smallest absolute Gasteiger partial charge is 0.333 e. The molecule has 0 bridgehead atoms. The number of amides is 2. The maximum atomic E-state index is 12.8. The Labute approximate surface area is 177 Å². The summed E-state index contributed by atoms with van der Waals surface area (Å²) in [6.45, 7) is 11.0. The van der Waals surface area contributed by atoms with Gasteiger partial charge in [-0.3, -0.25) is 4.98 Å². The van der Waals surface area contributed by atoms with Crippen molar-refractivity contribution in [3.8, 4) is 5.88 Å². The van der Waals surface area contributed by atoms with E-state index in [9.17, 15) is 13.2 Å². The minimum absolute atomic E-state index is 0.0528. The first-order valence-corrected chi connectivity index (χ1v) is 11.7. The summed E-state index contributed by atoms with van der Waals surface area (Å²) in [7, 11) is -4.15. The van der Waals surface area contributed by atoms with Gasteiger partial charge in [0.2, 0.25) is 5.88 Å². The van der Waals surface area contributed by atoms with Crippen molar-refractivity contribution in [2.45, 2.75) is 70.7 Å². The van der Waals surface area contributed by atoms with Crippen molar-refractivity contribution in [1.29, 1.82) is 0 Å². The van der Waals surface area contributed by atoms with Crippen LogP contribution in [0.5, 0.6) is 5.88 Å². The van der Waals surface area contributed by atoms with Crippen LogP contribution in [-0.2, 0) is 23.0 Å². The van der Waals surface area contributed by atoms with E-state index >= 15 is 0 Å². The molecule has 2 aromatic rings. The number of sulfonamides is 1. The average Bonchev–Trinajstić information content (AvgIpc) is 3.12. The molecule has 2 aromatic heterocycles. The van der Waals surface area contributed by atoms with Crippen LogP contribution in [0.4, 0.5) is 10.5 Å². The van der Waals surface area contributed by atoms with E-state index in [1.165, 1.54) is 10.9 Å². The van der Waals surface area contributed by atoms with Crippen molar-refractivity contribution in [2.24, 2.45) is 0 Å². The van der Waals surface area contributed by atoms with Gasteiger partial charge in [0.15, 0.2) is 4.90 Å². The molecule has 0 saturated heterocycles. The normalized spacial score (nSPS) is 13.8. The number of pyridine rings is 1. The molecule has 30 heavy (non-hydrogen) atoms. The molecule has 0 spiro atoms. The van der Waals surface area contributed by atoms with Crippen molar-refractivity contribution < 1.29 is 17.9 Å². The summed E-state index contributed by atoms with van der Waals surface area (Å²) >= 11 is 0. The van der Waals surface area contributed by atoms with Crippen molar-refractivity contribution >= 4 is 21.7 Å². The van der Waals surface area contributed by atoms with E-state index < -0.39 is 16.1 Å². The number of carbonyl (C=O) groups is 1. The lowest BCUT2D eigenvalue weighted by molar-refractivity contribution is 0.224.